The van der Waals surface area contributed by atoms with Gasteiger partial charge in [-0.1, -0.05) is 73.4 Å². The predicted molar refractivity (Wildman–Crippen MR) is 221 cm³/mol. The molecular weight excluding hydrogens is 728 g/mol. The summed E-state index contributed by atoms with van der Waals surface area (Å²) in [5, 5.41) is 21.4. The highest BCUT2D eigenvalue weighted by Gasteiger charge is 2.64. The van der Waals surface area contributed by atoms with Crippen molar-refractivity contribution in [2.24, 2.45) is 29.6 Å². The largest absolute Gasteiger partial charge is 0.460 e. The number of fused-ring (bicyclic) bond motifs is 7. The van der Waals surface area contributed by atoms with Gasteiger partial charge in [-0.25, -0.2) is 4.90 Å². The molecule has 0 radical (unpaired) electrons. The molecule has 9 aromatic carbocycles. The molecule has 18 rings (SSSR count). The first-order valence-corrected chi connectivity index (χ1v) is 21.1. The molecule has 274 valence electrons. The Balaban J connectivity index is 1.08. The molecule has 2 heterocycles. The number of epoxide rings is 1. The van der Waals surface area contributed by atoms with Crippen molar-refractivity contribution in [1.29, 1.82) is 0 Å². The highest BCUT2D eigenvalue weighted by Crippen LogP contribution is 2.73. The van der Waals surface area contributed by atoms with Gasteiger partial charge in [-0.3, -0.25) is 4.79 Å². The Morgan fingerprint density at radius 3 is 2.29 bits per heavy atom. The fourth-order valence-corrected chi connectivity index (χ4v) is 16.4. The molecule has 0 bridgehead atoms. The number of ether oxygens (including phenoxy) is 1. The Morgan fingerprint density at radius 1 is 0.724 bits per heavy atom. The Kier molecular flexibility index (Phi) is 4.06. The van der Waals surface area contributed by atoms with E-state index < -0.39 is 18.4 Å². The first-order chi connectivity index (χ1) is 28.3. The molecule has 7 aliphatic carbocycles. The molecule has 3 nitrogen and oxygen atoms in total. The third-order valence-corrected chi connectivity index (χ3v) is 17.8. The van der Waals surface area contributed by atoms with Gasteiger partial charge in [0.05, 0.1) is 12.6 Å². The van der Waals surface area contributed by atoms with Crippen LogP contribution >= 0.6 is 0 Å². The summed E-state index contributed by atoms with van der Waals surface area (Å²) in [6, 6.07) is 13.2. The summed E-state index contributed by atoms with van der Waals surface area (Å²) in [4.78, 5) is 13.9. The molecule has 3 fully saturated rings. The average molecular weight is 756 g/mol. The third-order valence-electron chi connectivity index (χ3n) is 17.8. The van der Waals surface area contributed by atoms with Gasteiger partial charge in [-0.2, -0.15) is 13.2 Å². The number of rotatable bonds is 4. The van der Waals surface area contributed by atoms with Crippen molar-refractivity contribution in [3.63, 3.8) is 0 Å². The van der Waals surface area contributed by atoms with Crippen LogP contribution in [0.5, 0.6) is 0 Å². The number of nitrogens with zero attached hydrogens (tertiary/aromatic N) is 1. The number of allylic oxidation sites excluding steroid dienone is 3. The molecule has 6 heteroatoms. The van der Waals surface area contributed by atoms with E-state index in [0.717, 1.165) is 15.8 Å². The minimum atomic E-state index is -4.55. The van der Waals surface area contributed by atoms with Crippen LogP contribution in [0.1, 0.15) is 67.5 Å². The molecule has 0 aromatic heterocycles. The SMILES string of the molecule is C=Cc1c2ccc3c4c5c6c7c8c9c%10c%11c%12c(cc%11c1c1c2c3c5c8c%101)C=CC1C%12C=9C2C1C=CC(C=6C1C4CN(C(F)(F)F)C1c1ccc(C(=O)C3CO3)cc1)C72. The van der Waals surface area contributed by atoms with Crippen molar-refractivity contribution in [2.75, 3.05) is 13.2 Å². The fourth-order valence-electron chi connectivity index (χ4n) is 16.4. The zero-order chi connectivity index (χ0) is 37.5. The quantitative estimate of drug-likeness (QED) is 0.0590. The standard InChI is InChI=1S/C52H28F3NO2/c1-2-19-20-9-11-23-30-26-14-56(52(53,54)55)50(16-3-5-17(6-4-16)51(57)27-15-58-27)38(26)36-24-12-10-22-21-8-7-18-13-25-29(19)39-32(20)34(23)42-40(30)44(36)43-35(24)33(22)41-31(21)28(18)37(25)45-46(39)48(42)49(43)47(41)45/h2-13,21-22,24,26-27,31,33,35,38,50H,1,14-15H2. The minimum Gasteiger partial charge on any atom is -0.364 e. The van der Waals surface area contributed by atoms with Crippen molar-refractivity contribution < 1.29 is 22.7 Å². The van der Waals surface area contributed by atoms with Gasteiger partial charge in [0.15, 0.2) is 5.78 Å². The number of likely N-dealkylation sites (tertiary alicyclic amines) is 1. The van der Waals surface area contributed by atoms with Gasteiger partial charge in [0.2, 0.25) is 0 Å². The maximum atomic E-state index is 15.8. The van der Waals surface area contributed by atoms with Crippen LogP contribution in [0.2, 0.25) is 0 Å². The van der Waals surface area contributed by atoms with Crippen molar-refractivity contribution >= 4 is 104 Å². The number of ketones is 1. The van der Waals surface area contributed by atoms with Crippen LogP contribution in [0.4, 0.5) is 13.2 Å². The first-order valence-electron chi connectivity index (χ1n) is 21.1. The van der Waals surface area contributed by atoms with Gasteiger partial charge < -0.3 is 4.74 Å². The molecule has 9 aliphatic rings. The van der Waals surface area contributed by atoms with Crippen LogP contribution in [0, 0.1) is 29.6 Å². The normalized spacial score (nSPS) is 32.7. The number of halogens is 3. The third kappa shape index (κ3) is 2.49. The van der Waals surface area contributed by atoms with Gasteiger partial charge in [-0.05, 0) is 154 Å². The van der Waals surface area contributed by atoms with Crippen LogP contribution in [0.3, 0.4) is 0 Å². The van der Waals surface area contributed by atoms with Crippen molar-refractivity contribution in [3.05, 3.63) is 117 Å². The highest BCUT2D eigenvalue weighted by molar-refractivity contribution is 6.54. The lowest BCUT2D eigenvalue weighted by Gasteiger charge is -2.40. The summed E-state index contributed by atoms with van der Waals surface area (Å²) in [5.74, 6) is 0.786. The highest BCUT2D eigenvalue weighted by atomic mass is 19.4. The predicted octanol–water partition coefficient (Wildman–Crippen LogP) is 10.0. The second kappa shape index (κ2) is 8.19. The summed E-state index contributed by atoms with van der Waals surface area (Å²) in [6.07, 6.45) is 6.99. The van der Waals surface area contributed by atoms with Gasteiger partial charge in [-0.15, -0.1) is 0 Å². The van der Waals surface area contributed by atoms with Crippen molar-refractivity contribution in [2.45, 2.75) is 36.2 Å². The zero-order valence-corrected chi connectivity index (χ0v) is 30.7. The Morgan fingerprint density at radius 2 is 1.48 bits per heavy atom. The lowest BCUT2D eigenvalue weighted by Crippen LogP contribution is -2.39. The number of hydrogen-bond acceptors (Lipinski definition) is 3. The average Bonchev–Trinajstić information content (AvgIpc) is 3.70. The van der Waals surface area contributed by atoms with Crippen LogP contribution < -0.4 is 10.4 Å². The number of Topliss-reactive ketones (excluding diaryl/α,β-unsaturated/α-hetero) is 1. The molecule has 9 aromatic rings. The Bertz CT molecular complexity index is 3810. The number of alkyl halides is 3. The summed E-state index contributed by atoms with van der Waals surface area (Å²) >= 11 is 0. The van der Waals surface area contributed by atoms with Crippen LogP contribution in [-0.2, 0) is 4.74 Å². The van der Waals surface area contributed by atoms with E-state index in [1.807, 2.05) is 0 Å². The van der Waals surface area contributed by atoms with Gasteiger partial charge in [0.25, 0.3) is 0 Å². The van der Waals surface area contributed by atoms with Crippen LogP contribution in [0.25, 0.3) is 98.7 Å². The summed E-state index contributed by atoms with van der Waals surface area (Å²) in [7, 11) is 0. The summed E-state index contributed by atoms with van der Waals surface area (Å²) < 4.78 is 52.7. The molecule has 1 saturated carbocycles. The molecule has 10 unspecified atom stereocenters. The number of carbonyl (C=O) groups is 1. The van der Waals surface area contributed by atoms with E-state index in [1.54, 1.807) is 29.8 Å². The minimum absolute atomic E-state index is 0.0371. The second-order valence-corrected chi connectivity index (χ2v) is 19.3. The molecule has 0 N–H and O–H groups in total. The molecule has 2 aliphatic heterocycles. The molecule has 2 saturated heterocycles. The lowest BCUT2D eigenvalue weighted by atomic mass is 9.63. The van der Waals surface area contributed by atoms with Crippen LogP contribution in [0.15, 0.2) is 67.3 Å². The fraction of sp³-hybridized carbons (Fsp3) is 0.250. The van der Waals surface area contributed by atoms with Crippen molar-refractivity contribution in [1.82, 2.24) is 4.90 Å². The van der Waals surface area contributed by atoms with E-state index in [0.29, 0.717) is 41.4 Å². The molecular formula is C52H28F3NO2. The zero-order valence-electron chi connectivity index (χ0n) is 30.7. The topological polar surface area (TPSA) is 32.8 Å². The van der Waals surface area contributed by atoms with E-state index in [4.69, 9.17) is 4.74 Å². The Labute approximate surface area is 326 Å². The lowest BCUT2D eigenvalue weighted by molar-refractivity contribution is -0.252. The summed E-state index contributed by atoms with van der Waals surface area (Å²) in [6.45, 7) is 4.73. The van der Waals surface area contributed by atoms with Crippen LogP contribution in [-0.4, -0.2) is 36.2 Å². The number of carbonyl (C=O) groups excluding carboxylic acids is 1. The monoisotopic (exact) mass is 755 g/mol. The van der Waals surface area contributed by atoms with E-state index in [1.165, 1.54) is 108 Å². The van der Waals surface area contributed by atoms with E-state index in [9.17, 15) is 4.79 Å². The van der Waals surface area contributed by atoms with Gasteiger partial charge in [0, 0.05) is 41.7 Å². The maximum Gasteiger partial charge on any atom is 0.460 e. The Hall–Kier alpha value is -5.56. The maximum absolute atomic E-state index is 15.8. The molecule has 58 heavy (non-hydrogen) atoms. The number of benzene rings is 5. The van der Waals surface area contributed by atoms with E-state index >= 15 is 13.2 Å². The first kappa shape index (κ1) is 28.8. The van der Waals surface area contributed by atoms with Gasteiger partial charge >= 0.3 is 6.30 Å². The summed E-state index contributed by atoms with van der Waals surface area (Å²) in [5.41, 5.74) is 10.7. The van der Waals surface area contributed by atoms with E-state index in [2.05, 4.69) is 55.2 Å². The molecule has 0 amide bonds. The smallest absolute Gasteiger partial charge is 0.364 e. The number of hydrogen-bond donors (Lipinski definition) is 0. The second-order valence-electron chi connectivity index (χ2n) is 19.3. The van der Waals surface area contributed by atoms with Crippen molar-refractivity contribution in [3.8, 4) is 0 Å². The molecule has 10 atom stereocenters. The van der Waals surface area contributed by atoms with Gasteiger partial charge in [0.1, 0.15) is 6.10 Å². The molecule has 0 spiro atoms. The van der Waals surface area contributed by atoms with E-state index in [-0.39, 0.29) is 36.0 Å².